The van der Waals surface area contributed by atoms with E-state index >= 15 is 0 Å². The van der Waals surface area contributed by atoms with Gasteiger partial charge in [0, 0.05) is 40.3 Å². The molecule has 0 bridgehead atoms. The standard InChI is InChI=1S/C17H30N4O2S.HI/c1-6-21(7-2)24(22,23)13-12-19-17(18-4)20(5)14-16-10-8-15(3)9-11-16;/h8-11H,6-7,12-14H2,1-5H3,(H,18,19);1H. The second-order valence-electron chi connectivity index (χ2n) is 5.72. The third kappa shape index (κ3) is 7.91. The van der Waals surface area contributed by atoms with Crippen LogP contribution in [-0.2, 0) is 16.6 Å². The third-order valence-electron chi connectivity index (χ3n) is 3.86. The van der Waals surface area contributed by atoms with E-state index in [0.717, 1.165) is 0 Å². The summed E-state index contributed by atoms with van der Waals surface area (Å²) >= 11 is 0. The van der Waals surface area contributed by atoms with E-state index in [-0.39, 0.29) is 29.7 Å². The van der Waals surface area contributed by atoms with Crippen LogP contribution in [0.1, 0.15) is 25.0 Å². The highest BCUT2D eigenvalue weighted by atomic mass is 127. The van der Waals surface area contributed by atoms with Crippen molar-refractivity contribution in [1.82, 2.24) is 14.5 Å². The average molecular weight is 482 g/mol. The maximum Gasteiger partial charge on any atom is 0.215 e. The summed E-state index contributed by atoms with van der Waals surface area (Å²) in [5.74, 6) is 0.747. The monoisotopic (exact) mass is 482 g/mol. The molecule has 0 unspecified atom stereocenters. The summed E-state index contributed by atoms with van der Waals surface area (Å²) < 4.78 is 25.9. The minimum Gasteiger partial charge on any atom is -0.355 e. The number of rotatable bonds is 8. The Labute approximate surface area is 169 Å². The molecule has 0 amide bonds. The zero-order chi connectivity index (χ0) is 18.2. The van der Waals surface area contributed by atoms with Crippen molar-refractivity contribution in [2.45, 2.75) is 27.3 Å². The van der Waals surface area contributed by atoms with Gasteiger partial charge in [0.1, 0.15) is 0 Å². The predicted octanol–water partition coefficient (Wildman–Crippen LogP) is 2.29. The summed E-state index contributed by atoms with van der Waals surface area (Å²) in [6.45, 7) is 7.81. The average Bonchev–Trinajstić information content (AvgIpc) is 2.54. The number of nitrogens with zero attached hydrogens (tertiary/aromatic N) is 3. The Morgan fingerprint density at radius 1 is 1.16 bits per heavy atom. The van der Waals surface area contributed by atoms with Gasteiger partial charge in [-0.3, -0.25) is 4.99 Å². The first-order chi connectivity index (χ1) is 11.3. The number of hydrogen-bond donors (Lipinski definition) is 1. The number of aryl methyl sites for hydroxylation is 1. The molecular formula is C17H31IN4O2S. The summed E-state index contributed by atoms with van der Waals surface area (Å²) in [6, 6.07) is 8.33. The molecule has 0 radical (unpaired) electrons. The largest absolute Gasteiger partial charge is 0.355 e. The van der Waals surface area contributed by atoms with Gasteiger partial charge in [0.25, 0.3) is 0 Å². The van der Waals surface area contributed by atoms with Gasteiger partial charge in [0.15, 0.2) is 5.96 Å². The van der Waals surface area contributed by atoms with Crippen LogP contribution in [0.5, 0.6) is 0 Å². The highest BCUT2D eigenvalue weighted by molar-refractivity contribution is 14.0. The van der Waals surface area contributed by atoms with Crippen LogP contribution < -0.4 is 5.32 Å². The second kappa shape index (κ2) is 11.7. The molecule has 0 saturated carbocycles. The number of guanidine groups is 1. The van der Waals surface area contributed by atoms with Gasteiger partial charge in [0.05, 0.1) is 5.75 Å². The summed E-state index contributed by atoms with van der Waals surface area (Å²) in [4.78, 5) is 6.21. The van der Waals surface area contributed by atoms with E-state index in [2.05, 4.69) is 41.5 Å². The van der Waals surface area contributed by atoms with Gasteiger partial charge in [-0.2, -0.15) is 0 Å². The van der Waals surface area contributed by atoms with Crippen LogP contribution in [0.15, 0.2) is 29.3 Å². The molecule has 1 aromatic rings. The molecule has 0 aliphatic rings. The first-order valence-corrected chi connectivity index (χ1v) is 9.90. The maximum absolute atomic E-state index is 12.2. The van der Waals surface area contributed by atoms with E-state index in [4.69, 9.17) is 0 Å². The number of nitrogens with one attached hydrogen (secondary N) is 1. The molecule has 0 saturated heterocycles. The molecule has 1 rings (SSSR count). The topological polar surface area (TPSA) is 65.0 Å². The molecule has 1 N–H and O–H groups in total. The first-order valence-electron chi connectivity index (χ1n) is 8.29. The van der Waals surface area contributed by atoms with Gasteiger partial charge in [-0.1, -0.05) is 43.7 Å². The van der Waals surface area contributed by atoms with E-state index in [1.165, 1.54) is 15.4 Å². The van der Waals surface area contributed by atoms with Gasteiger partial charge >= 0.3 is 0 Å². The number of sulfonamides is 1. The fourth-order valence-corrected chi connectivity index (χ4v) is 3.87. The van der Waals surface area contributed by atoms with Gasteiger partial charge in [-0.05, 0) is 12.5 Å². The van der Waals surface area contributed by atoms with Crippen molar-refractivity contribution < 1.29 is 8.42 Å². The molecular weight excluding hydrogens is 451 g/mol. The summed E-state index contributed by atoms with van der Waals surface area (Å²) in [5, 5.41) is 3.13. The molecule has 0 spiro atoms. The molecule has 0 fully saturated rings. The third-order valence-corrected chi connectivity index (χ3v) is 5.88. The smallest absolute Gasteiger partial charge is 0.215 e. The van der Waals surface area contributed by atoms with Crippen molar-refractivity contribution in [3.63, 3.8) is 0 Å². The van der Waals surface area contributed by atoms with E-state index < -0.39 is 10.0 Å². The zero-order valence-corrected chi connectivity index (χ0v) is 19.0. The van der Waals surface area contributed by atoms with E-state index in [1.54, 1.807) is 7.05 Å². The number of aliphatic imine (C=N–C) groups is 1. The Balaban J connectivity index is 0.00000576. The van der Waals surface area contributed by atoms with Crippen LogP contribution >= 0.6 is 24.0 Å². The van der Waals surface area contributed by atoms with Gasteiger partial charge in [-0.15, -0.1) is 24.0 Å². The summed E-state index contributed by atoms with van der Waals surface area (Å²) in [7, 11) is 0.421. The van der Waals surface area contributed by atoms with Gasteiger partial charge < -0.3 is 10.2 Å². The minimum absolute atomic E-state index is 0. The second-order valence-corrected chi connectivity index (χ2v) is 7.80. The Kier molecular flexibility index (Phi) is 11.3. The van der Waals surface area contributed by atoms with Crippen molar-refractivity contribution in [1.29, 1.82) is 0 Å². The van der Waals surface area contributed by atoms with Crippen molar-refractivity contribution in [2.75, 3.05) is 39.5 Å². The molecule has 0 heterocycles. The number of benzene rings is 1. The lowest BCUT2D eigenvalue weighted by Crippen LogP contribution is -2.42. The summed E-state index contributed by atoms with van der Waals surface area (Å²) in [5.41, 5.74) is 2.41. The number of halogens is 1. The highest BCUT2D eigenvalue weighted by Crippen LogP contribution is 2.06. The molecule has 144 valence electrons. The number of hydrogen-bond acceptors (Lipinski definition) is 3. The first kappa shape index (κ1) is 24.1. The minimum atomic E-state index is -3.22. The molecule has 8 heteroatoms. The van der Waals surface area contributed by atoms with E-state index in [0.29, 0.717) is 32.1 Å². The molecule has 6 nitrogen and oxygen atoms in total. The fraction of sp³-hybridized carbons (Fsp3) is 0.588. The normalized spacial score (nSPS) is 12.0. The SMILES string of the molecule is CCN(CC)S(=O)(=O)CCNC(=NC)N(C)Cc1ccc(C)cc1.I. The summed E-state index contributed by atoms with van der Waals surface area (Å²) in [6.07, 6.45) is 0. The van der Waals surface area contributed by atoms with Crippen LogP contribution in [0.25, 0.3) is 0 Å². The Morgan fingerprint density at radius 2 is 1.72 bits per heavy atom. The maximum atomic E-state index is 12.2. The molecule has 25 heavy (non-hydrogen) atoms. The van der Waals surface area contributed by atoms with Gasteiger partial charge in [0.2, 0.25) is 10.0 Å². The lowest BCUT2D eigenvalue weighted by molar-refractivity contribution is 0.443. The van der Waals surface area contributed by atoms with Crippen LogP contribution in [0.4, 0.5) is 0 Å². The van der Waals surface area contributed by atoms with Crippen molar-refractivity contribution in [2.24, 2.45) is 4.99 Å². The predicted molar refractivity (Wildman–Crippen MR) is 116 cm³/mol. The molecule has 0 aliphatic carbocycles. The Bertz CT molecular complexity index is 629. The highest BCUT2D eigenvalue weighted by Gasteiger charge is 2.18. The molecule has 0 aromatic heterocycles. The van der Waals surface area contributed by atoms with Crippen molar-refractivity contribution in [3.05, 3.63) is 35.4 Å². The lowest BCUT2D eigenvalue weighted by atomic mass is 10.1. The van der Waals surface area contributed by atoms with Crippen LogP contribution in [0, 0.1) is 6.92 Å². The van der Waals surface area contributed by atoms with E-state index in [1.807, 2.05) is 25.8 Å². The van der Waals surface area contributed by atoms with Gasteiger partial charge in [-0.25, -0.2) is 12.7 Å². The molecule has 0 aliphatic heterocycles. The van der Waals surface area contributed by atoms with Crippen LogP contribution in [-0.4, -0.2) is 63.1 Å². The Morgan fingerprint density at radius 3 is 2.20 bits per heavy atom. The van der Waals surface area contributed by atoms with Crippen molar-refractivity contribution >= 4 is 40.0 Å². The van der Waals surface area contributed by atoms with Crippen LogP contribution in [0.3, 0.4) is 0 Å². The van der Waals surface area contributed by atoms with Crippen LogP contribution in [0.2, 0.25) is 0 Å². The lowest BCUT2D eigenvalue weighted by Gasteiger charge is -2.23. The quantitative estimate of drug-likeness (QED) is 0.351. The zero-order valence-electron chi connectivity index (χ0n) is 15.8. The molecule has 1 aromatic carbocycles. The fourth-order valence-electron chi connectivity index (χ4n) is 2.46. The Hall–Kier alpha value is -0.870. The van der Waals surface area contributed by atoms with E-state index in [9.17, 15) is 8.42 Å². The van der Waals surface area contributed by atoms with Crippen molar-refractivity contribution in [3.8, 4) is 0 Å². The molecule has 0 atom stereocenters.